The average molecular weight is 525 g/mol. The van der Waals surface area contributed by atoms with Gasteiger partial charge in [0.15, 0.2) is 0 Å². The van der Waals surface area contributed by atoms with Crippen LogP contribution in [0.15, 0.2) is 57.7 Å². The Morgan fingerprint density at radius 1 is 1.19 bits per heavy atom. The molecule has 2 heterocycles. The van der Waals surface area contributed by atoms with Gasteiger partial charge in [-0.05, 0) is 34.1 Å². The number of aryl methyl sites for hydroxylation is 1. The van der Waals surface area contributed by atoms with E-state index in [1.807, 2.05) is 12.1 Å². The summed E-state index contributed by atoms with van der Waals surface area (Å²) in [7, 11) is -3.14. The molecule has 0 saturated carbocycles. The topological polar surface area (TPSA) is 93.8 Å². The number of hydrogen-bond acceptors (Lipinski definition) is 6. The molecule has 32 heavy (non-hydrogen) atoms. The van der Waals surface area contributed by atoms with Crippen LogP contribution in [0.3, 0.4) is 0 Å². The molecule has 1 amide bonds. The van der Waals surface area contributed by atoms with Gasteiger partial charge < -0.3 is 0 Å². The van der Waals surface area contributed by atoms with Crippen molar-refractivity contribution < 1.29 is 27.6 Å². The summed E-state index contributed by atoms with van der Waals surface area (Å²) >= 11 is 3.16. The number of carbonyl (C=O) groups excluding carboxylic acids is 1. The van der Waals surface area contributed by atoms with Gasteiger partial charge >= 0.3 is 145 Å². The van der Waals surface area contributed by atoms with Gasteiger partial charge in [0.25, 0.3) is 0 Å². The number of halogens is 2. The fraction of sp³-hybridized carbons (Fsp3) is 0.273. The summed E-state index contributed by atoms with van der Waals surface area (Å²) in [6.45, 7) is 1.03. The third kappa shape index (κ3) is 5.79. The SMILES string of the molecule is O=C(CCc1cnoc1-c1ccc(F)c(Br)c1)Nc1ccc(C[PH]2(O)OCCCO2)cc1. The van der Waals surface area contributed by atoms with Crippen molar-refractivity contribution in [3.63, 3.8) is 0 Å². The Morgan fingerprint density at radius 2 is 1.94 bits per heavy atom. The molecule has 7 nitrogen and oxygen atoms in total. The average Bonchev–Trinajstić information content (AvgIpc) is 3.25. The van der Waals surface area contributed by atoms with Gasteiger partial charge in [-0.1, -0.05) is 0 Å². The summed E-state index contributed by atoms with van der Waals surface area (Å²) in [6, 6.07) is 11.8. The summed E-state index contributed by atoms with van der Waals surface area (Å²) < 4.78 is 30.0. The third-order valence-corrected chi connectivity index (χ3v) is 7.83. The van der Waals surface area contributed by atoms with Crippen LogP contribution >= 0.6 is 23.9 Å². The molecule has 3 aromatic rings. The molecule has 2 aromatic carbocycles. The molecule has 4 rings (SSSR count). The van der Waals surface area contributed by atoms with E-state index in [1.165, 1.54) is 6.07 Å². The summed E-state index contributed by atoms with van der Waals surface area (Å²) in [5.41, 5.74) is 2.99. The summed E-state index contributed by atoms with van der Waals surface area (Å²) in [4.78, 5) is 22.8. The zero-order chi connectivity index (χ0) is 22.6. The van der Waals surface area contributed by atoms with Gasteiger partial charge in [0.2, 0.25) is 0 Å². The minimum atomic E-state index is -3.14. The van der Waals surface area contributed by atoms with Crippen LogP contribution in [0.2, 0.25) is 0 Å². The molecule has 1 aliphatic heterocycles. The number of carbonyl (C=O) groups is 1. The first-order valence-corrected chi connectivity index (χ1v) is 13.0. The van der Waals surface area contributed by atoms with E-state index in [4.69, 9.17) is 13.6 Å². The van der Waals surface area contributed by atoms with Crippen LogP contribution in [0.5, 0.6) is 0 Å². The number of rotatable bonds is 7. The number of nitrogens with one attached hydrogen (secondary N) is 1. The Bertz CT molecular complexity index is 1090. The van der Waals surface area contributed by atoms with Gasteiger partial charge in [-0.25, -0.2) is 4.39 Å². The number of amides is 1. The second-order valence-corrected chi connectivity index (χ2v) is 10.7. The molecule has 1 saturated heterocycles. The van der Waals surface area contributed by atoms with Gasteiger partial charge in [0.1, 0.15) is 5.82 Å². The quantitative estimate of drug-likeness (QED) is 0.410. The minimum absolute atomic E-state index is 0.155. The fourth-order valence-electron chi connectivity index (χ4n) is 3.42. The number of hydrogen-bond donors (Lipinski definition) is 2. The predicted octanol–water partition coefficient (Wildman–Crippen LogP) is 5.24. The molecule has 1 fully saturated rings. The molecule has 10 heteroatoms. The zero-order valence-corrected chi connectivity index (χ0v) is 19.7. The van der Waals surface area contributed by atoms with Crippen LogP contribution in [-0.4, -0.2) is 29.2 Å². The van der Waals surface area contributed by atoms with E-state index in [2.05, 4.69) is 26.4 Å². The fourth-order valence-corrected chi connectivity index (χ4v) is 5.76. The van der Waals surface area contributed by atoms with Crippen molar-refractivity contribution in [2.24, 2.45) is 0 Å². The molecular formula is C22H23BrFN2O5P. The predicted molar refractivity (Wildman–Crippen MR) is 124 cm³/mol. The van der Waals surface area contributed by atoms with Gasteiger partial charge in [0.05, 0.1) is 4.47 Å². The summed E-state index contributed by atoms with van der Waals surface area (Å²) in [5.74, 6) is -0.00949. The summed E-state index contributed by atoms with van der Waals surface area (Å²) in [6.07, 6.45) is 3.35. The normalized spacial score (nSPS) is 16.5. The van der Waals surface area contributed by atoms with E-state index in [9.17, 15) is 14.1 Å². The van der Waals surface area contributed by atoms with Crippen molar-refractivity contribution in [3.8, 4) is 11.3 Å². The molecule has 0 bridgehead atoms. The molecule has 0 unspecified atom stereocenters. The van der Waals surface area contributed by atoms with Crippen molar-refractivity contribution in [2.75, 3.05) is 18.5 Å². The first kappa shape index (κ1) is 23.0. The van der Waals surface area contributed by atoms with Crippen LogP contribution in [0.25, 0.3) is 11.3 Å². The van der Waals surface area contributed by atoms with Gasteiger partial charge in [-0.3, -0.25) is 0 Å². The maximum absolute atomic E-state index is 13.5. The van der Waals surface area contributed by atoms with Crippen LogP contribution in [0.4, 0.5) is 10.1 Å². The maximum atomic E-state index is 13.5. The molecule has 1 aliphatic rings. The molecule has 0 aliphatic carbocycles. The van der Waals surface area contributed by atoms with Crippen molar-refractivity contribution >= 4 is 35.5 Å². The second-order valence-electron chi connectivity index (χ2n) is 7.49. The van der Waals surface area contributed by atoms with E-state index < -0.39 is 7.94 Å². The van der Waals surface area contributed by atoms with E-state index >= 15 is 0 Å². The monoisotopic (exact) mass is 524 g/mol. The molecule has 2 N–H and O–H groups in total. The van der Waals surface area contributed by atoms with Gasteiger partial charge in [0, 0.05) is 0 Å². The summed E-state index contributed by atoms with van der Waals surface area (Å²) in [5, 5.41) is 6.68. The zero-order valence-electron chi connectivity index (χ0n) is 17.1. The Kier molecular flexibility index (Phi) is 7.33. The van der Waals surface area contributed by atoms with Gasteiger partial charge in [-0.2, -0.15) is 0 Å². The number of anilines is 1. The van der Waals surface area contributed by atoms with E-state index in [1.54, 1.807) is 30.5 Å². The number of benzene rings is 2. The Labute approximate surface area is 193 Å². The Hall–Kier alpha value is -2.16. The van der Waals surface area contributed by atoms with Crippen molar-refractivity contribution in [1.29, 1.82) is 0 Å². The van der Waals surface area contributed by atoms with Crippen molar-refractivity contribution in [2.45, 2.75) is 25.4 Å². The Balaban J connectivity index is 1.32. The van der Waals surface area contributed by atoms with E-state index in [0.717, 1.165) is 17.5 Å². The standard InChI is InChI=1S/C22H23BrFN2O5P/c23-19-12-16(4-8-20(19)24)22-17(13-25-31-22)5-9-21(27)26-18-6-2-15(3-7-18)14-32(28)29-10-1-11-30-32/h2-4,6-8,12-13,28,32H,1,5,9-11,14H2,(H,26,27). The number of aromatic nitrogens is 1. The Morgan fingerprint density at radius 3 is 2.66 bits per heavy atom. The second kappa shape index (κ2) is 10.2. The number of nitrogens with zero attached hydrogens (tertiary/aromatic N) is 1. The third-order valence-electron chi connectivity index (χ3n) is 5.06. The van der Waals surface area contributed by atoms with E-state index in [-0.39, 0.29) is 18.1 Å². The molecule has 0 spiro atoms. The van der Waals surface area contributed by atoms with Crippen LogP contribution in [0.1, 0.15) is 24.0 Å². The molecular weight excluding hydrogens is 502 g/mol. The van der Waals surface area contributed by atoms with E-state index in [0.29, 0.717) is 47.3 Å². The van der Waals surface area contributed by atoms with Crippen molar-refractivity contribution in [1.82, 2.24) is 5.16 Å². The molecule has 1 aromatic heterocycles. The van der Waals surface area contributed by atoms with Crippen LogP contribution in [0, 0.1) is 5.82 Å². The first-order chi connectivity index (χ1) is 15.4. The van der Waals surface area contributed by atoms with Crippen LogP contribution in [-0.2, 0) is 26.4 Å². The van der Waals surface area contributed by atoms with Crippen LogP contribution < -0.4 is 5.32 Å². The molecule has 0 atom stereocenters. The molecule has 170 valence electrons. The van der Waals surface area contributed by atoms with Gasteiger partial charge in [-0.15, -0.1) is 0 Å². The molecule has 0 radical (unpaired) electrons. The van der Waals surface area contributed by atoms with Crippen molar-refractivity contribution in [3.05, 3.63) is 70.1 Å². The first-order valence-electron chi connectivity index (χ1n) is 10.2.